The highest BCUT2D eigenvalue weighted by Gasteiger charge is 2.19. The van der Waals surface area contributed by atoms with Crippen LogP contribution in [0.15, 0.2) is 30.3 Å². The molecule has 0 aliphatic heterocycles. The number of aliphatic carboxylic acids is 1. The van der Waals surface area contributed by atoms with Crippen LogP contribution in [0.4, 0.5) is 0 Å². The van der Waals surface area contributed by atoms with E-state index in [1.165, 1.54) is 11.8 Å². The predicted molar refractivity (Wildman–Crippen MR) is 100.0 cm³/mol. The van der Waals surface area contributed by atoms with Gasteiger partial charge in [0.25, 0.3) is 6.47 Å². The van der Waals surface area contributed by atoms with Gasteiger partial charge < -0.3 is 14.7 Å². The highest BCUT2D eigenvalue weighted by molar-refractivity contribution is 5.83. The number of Topliss-reactive ketones (excluding diaryl/α,β-unsaturated/α-hetero) is 1. The molecule has 0 spiro atoms. The van der Waals surface area contributed by atoms with Gasteiger partial charge in [0.15, 0.2) is 0 Å². The zero-order valence-electron chi connectivity index (χ0n) is 16.3. The number of likely N-dealkylation sites (N-methyl/N-ethyl adjacent to an activating group) is 1. The van der Waals surface area contributed by atoms with Crippen LogP contribution in [-0.2, 0) is 30.5 Å². The zero-order valence-corrected chi connectivity index (χ0v) is 16.3. The molecule has 0 bridgehead atoms. The van der Waals surface area contributed by atoms with Crippen molar-refractivity contribution in [3.05, 3.63) is 35.9 Å². The molecule has 0 heterocycles. The lowest BCUT2D eigenvalue weighted by atomic mass is 10.2. The molecular weight excluding hydrogens is 352 g/mol. The second-order valence-corrected chi connectivity index (χ2v) is 6.28. The van der Waals surface area contributed by atoms with Crippen molar-refractivity contribution in [2.45, 2.75) is 33.4 Å². The molecule has 0 unspecified atom stereocenters. The van der Waals surface area contributed by atoms with Crippen molar-refractivity contribution >= 4 is 24.1 Å². The summed E-state index contributed by atoms with van der Waals surface area (Å²) in [6, 6.07) is 9.19. The average molecular weight is 380 g/mol. The van der Waals surface area contributed by atoms with Gasteiger partial charge >= 0.3 is 5.97 Å². The first kappa shape index (κ1) is 24.3. The van der Waals surface area contributed by atoms with Gasteiger partial charge in [-0.3, -0.25) is 24.1 Å². The third kappa shape index (κ3) is 13.2. The molecule has 1 aromatic carbocycles. The molecule has 0 aliphatic carbocycles. The molecule has 0 aliphatic rings. The van der Waals surface area contributed by atoms with Gasteiger partial charge in [-0.05, 0) is 33.4 Å². The minimum absolute atomic E-state index is 0.0136. The molecule has 0 radical (unpaired) electrons. The molecule has 0 aromatic heterocycles. The quantitative estimate of drug-likeness (QED) is 0.608. The van der Waals surface area contributed by atoms with Crippen LogP contribution in [-0.4, -0.2) is 71.8 Å². The number of rotatable bonds is 10. The summed E-state index contributed by atoms with van der Waals surface area (Å²) in [5.41, 5.74) is 0.862. The van der Waals surface area contributed by atoms with Gasteiger partial charge in [-0.15, -0.1) is 0 Å². The maximum Gasteiger partial charge on any atom is 0.323 e. The lowest BCUT2D eigenvalue weighted by molar-refractivity contribution is -0.145. The number of carboxylic acid groups (broad SMARTS) is 1. The lowest BCUT2D eigenvalue weighted by Crippen LogP contribution is -2.42. The van der Waals surface area contributed by atoms with Crippen LogP contribution in [0, 0.1) is 0 Å². The number of nitrogens with zero attached hydrogens (tertiary/aromatic N) is 2. The Labute approximate surface area is 159 Å². The zero-order chi connectivity index (χ0) is 20.8. The summed E-state index contributed by atoms with van der Waals surface area (Å²) < 4.78 is 4.36. The number of carboxylic acids is 1. The molecule has 0 saturated carbocycles. The fraction of sp³-hybridized carbons (Fsp3) is 0.474. The predicted octanol–water partition coefficient (Wildman–Crippen LogP) is 1.19. The van der Waals surface area contributed by atoms with Crippen molar-refractivity contribution in [3.63, 3.8) is 0 Å². The third-order valence-corrected chi connectivity index (χ3v) is 3.12. The van der Waals surface area contributed by atoms with E-state index >= 15 is 0 Å². The molecule has 8 heteroatoms. The van der Waals surface area contributed by atoms with Crippen molar-refractivity contribution in [2.75, 3.05) is 26.7 Å². The van der Waals surface area contributed by atoms with Crippen LogP contribution in [0.1, 0.15) is 26.3 Å². The Morgan fingerprint density at radius 2 is 1.70 bits per heavy atom. The number of hydrogen-bond donors (Lipinski definition) is 1. The first-order valence-corrected chi connectivity index (χ1v) is 8.46. The second kappa shape index (κ2) is 13.5. The van der Waals surface area contributed by atoms with Crippen LogP contribution >= 0.6 is 0 Å². The second-order valence-electron chi connectivity index (χ2n) is 6.28. The van der Waals surface area contributed by atoms with Gasteiger partial charge in [0, 0.05) is 6.54 Å². The number of carbonyl (C=O) groups excluding carboxylic acids is 3. The number of ketones is 1. The molecule has 1 rings (SSSR count). The van der Waals surface area contributed by atoms with E-state index in [1.54, 1.807) is 25.8 Å². The molecule has 1 amide bonds. The highest BCUT2D eigenvalue weighted by Crippen LogP contribution is 2.05. The van der Waals surface area contributed by atoms with Crippen LogP contribution in [0.3, 0.4) is 0 Å². The Kier molecular flexibility index (Phi) is 12.1. The summed E-state index contributed by atoms with van der Waals surface area (Å²) in [6.07, 6.45) is 0.0301. The van der Waals surface area contributed by atoms with Crippen molar-refractivity contribution in [1.82, 2.24) is 9.80 Å². The summed E-state index contributed by atoms with van der Waals surface area (Å²) in [5.74, 6) is -1.42. The van der Waals surface area contributed by atoms with Gasteiger partial charge in [-0.25, -0.2) is 0 Å². The summed E-state index contributed by atoms with van der Waals surface area (Å²) in [5, 5.41) is 8.93. The number of carbonyl (C=O) groups is 4. The Balaban J connectivity index is 0.000000972. The van der Waals surface area contributed by atoms with Crippen LogP contribution in [0.5, 0.6) is 0 Å². The molecule has 0 saturated heterocycles. The average Bonchev–Trinajstić information content (AvgIpc) is 2.54. The molecular formula is C19H28N2O6. The number of hydrogen-bond acceptors (Lipinski definition) is 6. The first-order chi connectivity index (χ1) is 12.6. The molecule has 27 heavy (non-hydrogen) atoms. The van der Waals surface area contributed by atoms with E-state index in [4.69, 9.17) is 5.11 Å². The van der Waals surface area contributed by atoms with Crippen molar-refractivity contribution in [1.29, 1.82) is 0 Å². The van der Waals surface area contributed by atoms with Gasteiger partial charge in [-0.2, -0.15) is 0 Å². The lowest BCUT2D eigenvalue weighted by Gasteiger charge is -2.23. The van der Waals surface area contributed by atoms with Gasteiger partial charge in [0.1, 0.15) is 12.3 Å². The van der Waals surface area contributed by atoms with Gasteiger partial charge in [0.05, 0.1) is 19.2 Å². The molecule has 150 valence electrons. The Morgan fingerprint density at radius 1 is 1.11 bits per heavy atom. The van der Waals surface area contributed by atoms with Crippen molar-refractivity contribution in [3.8, 4) is 0 Å². The van der Waals surface area contributed by atoms with E-state index in [1.807, 2.05) is 30.3 Å². The summed E-state index contributed by atoms with van der Waals surface area (Å²) in [4.78, 5) is 46.3. The van der Waals surface area contributed by atoms with E-state index in [-0.39, 0.29) is 44.0 Å². The topological polar surface area (TPSA) is 104 Å². The van der Waals surface area contributed by atoms with E-state index in [0.29, 0.717) is 6.47 Å². The Morgan fingerprint density at radius 3 is 2.11 bits per heavy atom. The fourth-order valence-electron chi connectivity index (χ4n) is 2.08. The van der Waals surface area contributed by atoms with Crippen molar-refractivity contribution < 1.29 is 29.0 Å². The van der Waals surface area contributed by atoms with E-state index in [2.05, 4.69) is 4.74 Å². The molecule has 8 nitrogen and oxygen atoms in total. The molecule has 0 fully saturated rings. The normalized spacial score (nSPS) is 10.0. The maximum absolute atomic E-state index is 12.2. The smallest absolute Gasteiger partial charge is 0.323 e. The maximum atomic E-state index is 12.2. The highest BCUT2D eigenvalue weighted by atomic mass is 16.5. The van der Waals surface area contributed by atoms with Crippen LogP contribution in [0.25, 0.3) is 0 Å². The van der Waals surface area contributed by atoms with Crippen LogP contribution < -0.4 is 0 Å². The van der Waals surface area contributed by atoms with Crippen molar-refractivity contribution in [2.24, 2.45) is 0 Å². The van der Waals surface area contributed by atoms with Gasteiger partial charge in [0.2, 0.25) is 5.91 Å². The largest absolute Gasteiger partial charge is 0.480 e. The van der Waals surface area contributed by atoms with Crippen LogP contribution in [0.2, 0.25) is 0 Å². The fourth-order valence-corrected chi connectivity index (χ4v) is 2.08. The standard InChI is InChI=1S/C15H20N2O4.C4H8O2/c1-12(18)8-16(2)10-14(19)17(11-15(20)21)9-13-6-4-3-5-7-13;1-4(2)6-3-5/h3-7H,8-11H2,1-2H3,(H,20,21);3-4H,1-2H3. The van der Waals surface area contributed by atoms with E-state index < -0.39 is 5.97 Å². The third-order valence-electron chi connectivity index (χ3n) is 3.12. The first-order valence-electron chi connectivity index (χ1n) is 8.46. The summed E-state index contributed by atoms with van der Waals surface area (Å²) in [7, 11) is 1.65. The van der Waals surface area contributed by atoms with E-state index in [0.717, 1.165) is 5.56 Å². The molecule has 1 N–H and O–H groups in total. The summed E-state index contributed by atoms with van der Waals surface area (Å²) >= 11 is 0. The minimum Gasteiger partial charge on any atom is -0.480 e. The Bertz CT molecular complexity index is 603. The SMILES string of the molecule is CC(=O)CN(C)CC(=O)N(CC(=O)O)Cc1ccccc1.CC(C)OC=O. The number of ether oxygens (including phenoxy) is 1. The molecule has 1 aromatic rings. The minimum atomic E-state index is -1.06. The Hall–Kier alpha value is -2.74. The molecule has 0 atom stereocenters. The van der Waals surface area contributed by atoms with Gasteiger partial charge in [-0.1, -0.05) is 30.3 Å². The number of benzene rings is 1. The monoisotopic (exact) mass is 380 g/mol. The van der Waals surface area contributed by atoms with E-state index in [9.17, 15) is 19.2 Å². The summed E-state index contributed by atoms with van der Waals surface area (Å²) in [6.45, 7) is 5.55. The number of amides is 1.